The van der Waals surface area contributed by atoms with Gasteiger partial charge in [-0.25, -0.2) is 9.59 Å². The van der Waals surface area contributed by atoms with Crippen LogP contribution in [0.1, 0.15) is 200 Å². The van der Waals surface area contributed by atoms with Crippen LogP contribution in [0.2, 0.25) is 0 Å². The van der Waals surface area contributed by atoms with Crippen molar-refractivity contribution in [3.8, 4) is 0 Å². The number of ether oxygens (including phenoxy) is 3. The van der Waals surface area contributed by atoms with Crippen LogP contribution in [0.4, 0.5) is 21.0 Å². The second-order valence-corrected chi connectivity index (χ2v) is 25.2. The molecule has 0 aliphatic carbocycles. The van der Waals surface area contributed by atoms with E-state index in [2.05, 4.69) is 150 Å². The zero-order valence-electron chi connectivity index (χ0n) is 49.2. The predicted octanol–water partition coefficient (Wildman–Crippen LogP) is 10.9. The first-order valence-electron chi connectivity index (χ1n) is 25.9. The molecule has 0 fully saturated rings. The highest BCUT2D eigenvalue weighted by atomic mass is 16.5. The van der Waals surface area contributed by atoms with Crippen LogP contribution < -0.4 is 32.1 Å². The van der Waals surface area contributed by atoms with Crippen LogP contribution in [0, 0.1) is 27.1 Å². The van der Waals surface area contributed by atoms with Crippen molar-refractivity contribution in [3.05, 3.63) is 44.2 Å². The smallest absolute Gasteiger partial charge is 0.406 e. The van der Waals surface area contributed by atoms with Gasteiger partial charge in [0.2, 0.25) is 0 Å². The van der Waals surface area contributed by atoms with Crippen LogP contribution in [-0.4, -0.2) is 93.8 Å². The molecule has 0 spiro atoms. The number of nitrogens with zero attached hydrogens (tertiary/aromatic N) is 6. The molecule has 0 radical (unpaired) electrons. The Bertz CT molecular complexity index is 1930. The third-order valence-corrected chi connectivity index (χ3v) is 10.2. The number of aliphatic hydroxyl groups is 1. The van der Waals surface area contributed by atoms with E-state index >= 15 is 0 Å². The van der Waals surface area contributed by atoms with Gasteiger partial charge in [0.05, 0.1) is 44.9 Å². The zero-order valence-corrected chi connectivity index (χ0v) is 49.2. The number of alkyl carbamates (subject to hydrolysis) is 2. The first kappa shape index (κ1) is 69.5. The van der Waals surface area contributed by atoms with Crippen LogP contribution >= 0.6 is 0 Å². The Kier molecular flexibility index (Phi) is 32.8. The van der Waals surface area contributed by atoms with Crippen LogP contribution in [0.15, 0.2) is 22.0 Å². The van der Waals surface area contributed by atoms with Gasteiger partial charge in [-0.05, 0) is 112 Å². The number of carbonyl (C=O) groups excluding carboxylic acids is 2. The molecule has 1 aromatic carbocycles. The summed E-state index contributed by atoms with van der Waals surface area (Å²) in [6, 6.07) is 0. The van der Waals surface area contributed by atoms with Crippen molar-refractivity contribution in [2.75, 3.05) is 51.5 Å². The average Bonchev–Trinajstić information content (AvgIpc) is 3.92. The predicted molar refractivity (Wildman–Crippen MR) is 294 cm³/mol. The summed E-state index contributed by atoms with van der Waals surface area (Å²) in [5, 5.41) is 35.6. The first-order chi connectivity index (χ1) is 32.9. The number of aromatic nitrogens is 6. The number of hydrogen-bond acceptors (Lipinski definition) is 14. The summed E-state index contributed by atoms with van der Waals surface area (Å²) >= 11 is 0. The van der Waals surface area contributed by atoms with Crippen molar-refractivity contribution in [1.82, 2.24) is 40.6 Å². The monoisotopic (exact) mass is 1020 g/mol. The number of anilines is 2. The zero-order chi connectivity index (χ0) is 56.0. The SMILES string of the molecule is CC(C)(C)CCCn1cc(CO)nn1.CC(C)(C)CCCn1cc(COC(C)(C)C)nn1.CNC(=O)OCCCC(C)(C)C.CNc1c(NCCCC(C)(C)C)c(=O)c1=O.COC(=O)NCCCC(C)(C)C. The molecular formula is C54H104N10O8. The molecule has 0 saturated heterocycles. The van der Waals surface area contributed by atoms with Gasteiger partial charge in [-0.3, -0.25) is 19.0 Å². The summed E-state index contributed by atoms with van der Waals surface area (Å²) in [4.78, 5) is 43.5. The number of carbonyl (C=O) groups is 2. The Hall–Kier alpha value is -4.58. The van der Waals surface area contributed by atoms with Gasteiger partial charge in [0.25, 0.3) is 10.9 Å². The van der Waals surface area contributed by atoms with Gasteiger partial charge in [-0.1, -0.05) is 114 Å². The Labute approximate surface area is 435 Å². The van der Waals surface area contributed by atoms with E-state index in [0.717, 1.165) is 76.7 Å². The first-order valence-corrected chi connectivity index (χ1v) is 25.9. The molecule has 3 aromatic rings. The fourth-order valence-electron chi connectivity index (χ4n) is 6.22. The number of amides is 2. The van der Waals surface area contributed by atoms with Gasteiger partial charge in [0, 0.05) is 40.3 Å². The molecule has 0 bridgehead atoms. The highest BCUT2D eigenvalue weighted by Crippen LogP contribution is 2.24. The molecule has 5 N–H and O–H groups in total. The summed E-state index contributed by atoms with van der Waals surface area (Å²) in [6.45, 7) is 43.5. The second kappa shape index (κ2) is 34.0. The maximum Gasteiger partial charge on any atom is 0.406 e. The van der Waals surface area contributed by atoms with E-state index in [1.165, 1.54) is 20.0 Å². The number of rotatable bonds is 20. The molecule has 72 heavy (non-hydrogen) atoms. The van der Waals surface area contributed by atoms with E-state index in [0.29, 0.717) is 63.9 Å². The normalized spacial score (nSPS) is 11.9. The van der Waals surface area contributed by atoms with E-state index in [4.69, 9.17) is 14.6 Å². The van der Waals surface area contributed by atoms with Gasteiger partial charge >= 0.3 is 12.2 Å². The number of hydrogen-bond donors (Lipinski definition) is 5. The average molecular weight is 1020 g/mol. The number of aryl methyl sites for hydroxylation is 2. The Balaban J connectivity index is 0. The molecule has 0 aliphatic rings. The van der Waals surface area contributed by atoms with Crippen molar-refractivity contribution in [2.24, 2.45) is 27.1 Å². The molecule has 18 nitrogen and oxygen atoms in total. The minimum absolute atomic E-state index is 0.0285. The molecule has 2 aromatic heterocycles. The third kappa shape index (κ3) is 41.0. The number of methoxy groups -OCH3 is 1. The van der Waals surface area contributed by atoms with Gasteiger partial charge in [-0.15, -0.1) is 10.2 Å². The molecule has 0 unspecified atom stereocenters. The maximum atomic E-state index is 11.2. The minimum Gasteiger partial charge on any atom is -0.453 e. The Morgan fingerprint density at radius 1 is 0.583 bits per heavy atom. The standard InChI is InChI=1S/C14H27N3O.C12H20N2O2.C10H19N3O.2C9H19NO2/c1-13(2,3)8-7-9-17-10-12(15-16-17)11-18-14(4,5)6;1-12(2,3)6-5-7-14-9-8(13-4)10(15)11(9)16;1-10(2,3)5-4-6-13-7-9(8-14)11-12-13;1-9(2,3)6-5-7-10-8(11)12-4;1-9(2,3)6-5-7-12-8(11)10-4/h10H,7-9,11H2,1-6H3;13-14H,5-7H2,1-4H3;7,14H,4-6,8H2,1-3H3;2*5-7H2,1-4H3,(H,10,11). The summed E-state index contributed by atoms with van der Waals surface area (Å²) in [5.74, 6) is 0. The van der Waals surface area contributed by atoms with Gasteiger partial charge in [0.15, 0.2) is 0 Å². The van der Waals surface area contributed by atoms with Crippen molar-refractivity contribution in [2.45, 2.75) is 221 Å². The van der Waals surface area contributed by atoms with E-state index in [-0.39, 0.29) is 24.4 Å². The van der Waals surface area contributed by atoms with Crippen molar-refractivity contribution in [3.63, 3.8) is 0 Å². The Morgan fingerprint density at radius 2 is 1.00 bits per heavy atom. The van der Waals surface area contributed by atoms with E-state index < -0.39 is 10.9 Å². The molecule has 0 atom stereocenters. The summed E-state index contributed by atoms with van der Waals surface area (Å²) < 4.78 is 18.6. The lowest BCUT2D eigenvalue weighted by molar-refractivity contribution is -0.0165. The lowest BCUT2D eigenvalue weighted by Gasteiger charge is -2.18. The van der Waals surface area contributed by atoms with Crippen LogP contribution in [0.5, 0.6) is 0 Å². The second-order valence-electron chi connectivity index (χ2n) is 25.2. The van der Waals surface area contributed by atoms with E-state index in [1.807, 2.05) is 31.6 Å². The molecule has 18 heteroatoms. The topological polar surface area (TPSA) is 226 Å². The fourth-order valence-corrected chi connectivity index (χ4v) is 6.22. The highest BCUT2D eigenvalue weighted by Gasteiger charge is 2.19. The summed E-state index contributed by atoms with van der Waals surface area (Å²) in [7, 11) is 4.59. The Morgan fingerprint density at radius 3 is 1.40 bits per heavy atom. The largest absolute Gasteiger partial charge is 0.453 e. The van der Waals surface area contributed by atoms with E-state index in [1.54, 1.807) is 25.0 Å². The van der Waals surface area contributed by atoms with Gasteiger partial charge < -0.3 is 40.6 Å². The summed E-state index contributed by atoms with van der Waals surface area (Å²) in [5.41, 5.74) is 3.20. The minimum atomic E-state index is -0.416. The molecule has 0 saturated carbocycles. The molecule has 2 amide bonds. The van der Waals surface area contributed by atoms with Crippen molar-refractivity contribution < 1.29 is 28.9 Å². The molecular weight excluding hydrogens is 917 g/mol. The van der Waals surface area contributed by atoms with Crippen molar-refractivity contribution >= 4 is 23.6 Å². The highest BCUT2D eigenvalue weighted by molar-refractivity contribution is 5.73. The van der Waals surface area contributed by atoms with Crippen LogP contribution in [0.25, 0.3) is 0 Å². The lowest BCUT2D eigenvalue weighted by atomic mass is 9.90. The lowest BCUT2D eigenvalue weighted by Crippen LogP contribution is -2.37. The molecule has 0 aliphatic heterocycles. The van der Waals surface area contributed by atoms with Crippen molar-refractivity contribution in [1.29, 1.82) is 0 Å². The quantitative estimate of drug-likeness (QED) is 0.0524. The fraction of sp³-hybridized carbons (Fsp3) is 0.815. The summed E-state index contributed by atoms with van der Waals surface area (Å²) in [6.07, 6.45) is 13.9. The molecule has 3 rings (SSSR count). The van der Waals surface area contributed by atoms with Gasteiger partial charge in [-0.2, -0.15) is 0 Å². The van der Waals surface area contributed by atoms with Gasteiger partial charge in [0.1, 0.15) is 22.8 Å². The molecule has 418 valence electrons. The molecule has 2 heterocycles. The third-order valence-electron chi connectivity index (χ3n) is 10.2. The van der Waals surface area contributed by atoms with E-state index in [9.17, 15) is 19.2 Å². The van der Waals surface area contributed by atoms with Crippen LogP contribution in [-0.2, 0) is 40.5 Å². The van der Waals surface area contributed by atoms with Crippen LogP contribution in [0.3, 0.4) is 0 Å². The number of aliphatic hydroxyl groups excluding tert-OH is 1. The number of nitrogens with one attached hydrogen (secondary N) is 4. The maximum absolute atomic E-state index is 11.2.